The number of aryl methyl sites for hydroxylation is 2. The first kappa shape index (κ1) is 21.5. The first-order valence-corrected chi connectivity index (χ1v) is 9.70. The molecule has 7 heteroatoms. The van der Waals surface area contributed by atoms with Crippen molar-refractivity contribution in [3.8, 4) is 5.75 Å². The molecule has 158 valence electrons. The maximum absolute atomic E-state index is 13.6. The number of carbonyl (C=O) groups excluding carboxylic acids is 1. The minimum Gasteiger partial charge on any atom is -0.488 e. The van der Waals surface area contributed by atoms with Crippen molar-refractivity contribution in [3.05, 3.63) is 82.5 Å². The van der Waals surface area contributed by atoms with Crippen molar-refractivity contribution in [2.45, 2.75) is 26.5 Å². The van der Waals surface area contributed by atoms with Gasteiger partial charge in [-0.15, -0.1) is 0 Å². The molecule has 0 radical (unpaired) electrons. The van der Waals surface area contributed by atoms with Crippen LogP contribution in [0.15, 0.2) is 53.1 Å². The number of aromatic nitrogens is 1. The maximum atomic E-state index is 13.6. The van der Waals surface area contributed by atoms with E-state index in [1.165, 1.54) is 12.1 Å². The highest BCUT2D eigenvalue weighted by atomic mass is 19.1. The van der Waals surface area contributed by atoms with Crippen LogP contribution in [0.4, 0.5) is 4.39 Å². The number of nitrogens with one attached hydrogen (secondary N) is 1. The topological polar surface area (TPSA) is 67.6 Å². The van der Waals surface area contributed by atoms with Crippen molar-refractivity contribution in [1.29, 1.82) is 0 Å². The smallest absolute Gasteiger partial charge is 0.255 e. The summed E-state index contributed by atoms with van der Waals surface area (Å²) in [6, 6.07) is 13.3. The third-order valence-electron chi connectivity index (χ3n) is 5.00. The predicted molar refractivity (Wildman–Crippen MR) is 112 cm³/mol. The van der Waals surface area contributed by atoms with Crippen molar-refractivity contribution in [3.63, 3.8) is 0 Å². The average molecular weight is 411 g/mol. The fourth-order valence-corrected chi connectivity index (χ4v) is 3.23. The van der Waals surface area contributed by atoms with E-state index in [1.807, 2.05) is 45.0 Å². The van der Waals surface area contributed by atoms with Crippen LogP contribution < -0.4 is 10.1 Å². The molecule has 1 aromatic heterocycles. The van der Waals surface area contributed by atoms with Gasteiger partial charge in [-0.05, 0) is 57.8 Å². The summed E-state index contributed by atoms with van der Waals surface area (Å²) in [4.78, 5) is 14.8. The first-order valence-electron chi connectivity index (χ1n) is 9.70. The first-order chi connectivity index (χ1) is 14.4. The van der Waals surface area contributed by atoms with Crippen LogP contribution in [0, 0.1) is 19.7 Å². The van der Waals surface area contributed by atoms with Crippen LogP contribution in [0.5, 0.6) is 5.75 Å². The number of rotatable bonds is 8. The Hall–Kier alpha value is -3.19. The summed E-state index contributed by atoms with van der Waals surface area (Å²) in [5.74, 6) is 0.608. The molecular weight excluding hydrogens is 385 g/mol. The summed E-state index contributed by atoms with van der Waals surface area (Å²) in [6.45, 7) is 4.26. The molecule has 0 aliphatic carbocycles. The van der Waals surface area contributed by atoms with Gasteiger partial charge in [-0.3, -0.25) is 4.79 Å². The Balaban J connectivity index is 1.70. The van der Waals surface area contributed by atoms with Gasteiger partial charge in [-0.1, -0.05) is 29.4 Å². The van der Waals surface area contributed by atoms with Crippen molar-refractivity contribution < 1.29 is 18.4 Å². The number of nitrogens with zero attached hydrogens (tertiary/aromatic N) is 2. The van der Waals surface area contributed by atoms with Gasteiger partial charge in [-0.25, -0.2) is 4.39 Å². The number of ether oxygens (including phenoxy) is 1. The molecule has 0 saturated heterocycles. The Morgan fingerprint density at radius 1 is 1.20 bits per heavy atom. The summed E-state index contributed by atoms with van der Waals surface area (Å²) >= 11 is 0. The zero-order valence-corrected chi connectivity index (χ0v) is 17.6. The summed E-state index contributed by atoms with van der Waals surface area (Å²) in [5, 5.41) is 6.86. The van der Waals surface area contributed by atoms with Crippen LogP contribution in [-0.4, -0.2) is 36.6 Å². The predicted octanol–water partition coefficient (Wildman–Crippen LogP) is 4.04. The van der Waals surface area contributed by atoms with Gasteiger partial charge < -0.3 is 19.5 Å². The normalized spacial score (nSPS) is 12.1. The van der Waals surface area contributed by atoms with E-state index in [4.69, 9.17) is 9.26 Å². The van der Waals surface area contributed by atoms with E-state index in [2.05, 4.69) is 10.5 Å². The molecule has 0 fully saturated rings. The van der Waals surface area contributed by atoms with Crippen molar-refractivity contribution >= 4 is 5.91 Å². The lowest BCUT2D eigenvalue weighted by molar-refractivity contribution is 0.0937. The number of hydrogen-bond acceptors (Lipinski definition) is 5. The molecule has 3 rings (SSSR count). The van der Waals surface area contributed by atoms with E-state index in [9.17, 15) is 9.18 Å². The summed E-state index contributed by atoms with van der Waals surface area (Å²) in [6.07, 6.45) is 0. The zero-order chi connectivity index (χ0) is 21.7. The van der Waals surface area contributed by atoms with Gasteiger partial charge in [0, 0.05) is 6.54 Å². The third-order valence-corrected chi connectivity index (χ3v) is 5.00. The molecule has 2 aromatic carbocycles. The second-order valence-corrected chi connectivity index (χ2v) is 7.33. The number of carbonyl (C=O) groups is 1. The molecule has 0 unspecified atom stereocenters. The van der Waals surface area contributed by atoms with Crippen LogP contribution >= 0.6 is 0 Å². The fourth-order valence-electron chi connectivity index (χ4n) is 3.23. The van der Waals surface area contributed by atoms with Gasteiger partial charge in [0.1, 0.15) is 23.9 Å². The summed E-state index contributed by atoms with van der Waals surface area (Å²) in [7, 11) is 3.78. The molecule has 0 bridgehead atoms. The molecule has 1 atom stereocenters. The van der Waals surface area contributed by atoms with Crippen molar-refractivity contribution in [2.24, 2.45) is 0 Å². The Bertz CT molecular complexity index is 997. The minimum absolute atomic E-state index is 0.167. The van der Waals surface area contributed by atoms with Crippen molar-refractivity contribution in [2.75, 3.05) is 20.6 Å². The lowest BCUT2D eigenvalue weighted by Crippen LogP contribution is -2.34. The second-order valence-electron chi connectivity index (χ2n) is 7.33. The summed E-state index contributed by atoms with van der Waals surface area (Å²) < 4.78 is 24.7. The zero-order valence-electron chi connectivity index (χ0n) is 17.6. The Morgan fingerprint density at radius 2 is 1.97 bits per heavy atom. The molecule has 0 saturated carbocycles. The number of benzene rings is 2. The van der Waals surface area contributed by atoms with Gasteiger partial charge in [0.2, 0.25) is 0 Å². The molecule has 0 aliphatic heterocycles. The van der Waals surface area contributed by atoms with E-state index >= 15 is 0 Å². The second kappa shape index (κ2) is 9.54. The molecule has 6 nitrogen and oxygen atoms in total. The van der Waals surface area contributed by atoms with Gasteiger partial charge in [-0.2, -0.15) is 0 Å². The van der Waals surface area contributed by atoms with Gasteiger partial charge in [0.15, 0.2) is 0 Å². The standard InChI is InChI=1S/C23H26FN3O3/c1-15-20(16(2)30-26-15)14-29-22-11-6-5-10-19(22)23(28)25-13-21(27(3)4)17-8-7-9-18(24)12-17/h5-12,21H,13-14H2,1-4H3,(H,25,28)/t21-/m1/s1. The van der Waals surface area contributed by atoms with Crippen LogP contribution in [0.3, 0.4) is 0 Å². The Kier molecular flexibility index (Phi) is 6.84. The van der Waals surface area contributed by atoms with Crippen LogP contribution in [0.2, 0.25) is 0 Å². The monoisotopic (exact) mass is 411 g/mol. The lowest BCUT2D eigenvalue weighted by Gasteiger charge is -2.25. The van der Waals surface area contributed by atoms with E-state index in [-0.39, 0.29) is 24.4 Å². The van der Waals surface area contributed by atoms with Gasteiger partial charge in [0.05, 0.1) is 22.9 Å². The third kappa shape index (κ3) is 5.04. The van der Waals surface area contributed by atoms with E-state index in [0.717, 1.165) is 16.8 Å². The number of likely N-dealkylation sites (N-methyl/N-ethyl adjacent to an activating group) is 1. The van der Waals surface area contributed by atoms with E-state index in [0.29, 0.717) is 23.6 Å². The lowest BCUT2D eigenvalue weighted by atomic mass is 10.1. The Labute approximate surface area is 175 Å². The summed E-state index contributed by atoms with van der Waals surface area (Å²) in [5.41, 5.74) is 2.85. The van der Waals surface area contributed by atoms with E-state index in [1.54, 1.807) is 24.3 Å². The van der Waals surface area contributed by atoms with Crippen LogP contribution in [0.1, 0.15) is 39.0 Å². The number of para-hydroxylation sites is 1. The minimum atomic E-state index is -0.302. The number of amides is 1. The van der Waals surface area contributed by atoms with E-state index < -0.39 is 0 Å². The fraction of sp³-hybridized carbons (Fsp3) is 0.304. The van der Waals surface area contributed by atoms with Gasteiger partial charge >= 0.3 is 0 Å². The SMILES string of the molecule is Cc1noc(C)c1COc1ccccc1C(=O)NC[C@H](c1cccc(F)c1)N(C)C. The molecule has 3 aromatic rings. The van der Waals surface area contributed by atoms with Gasteiger partial charge in [0.25, 0.3) is 5.91 Å². The molecule has 1 amide bonds. The Morgan fingerprint density at radius 3 is 2.63 bits per heavy atom. The highest BCUT2D eigenvalue weighted by Crippen LogP contribution is 2.23. The maximum Gasteiger partial charge on any atom is 0.255 e. The quantitative estimate of drug-likeness (QED) is 0.606. The molecule has 0 aliphatic rings. The van der Waals surface area contributed by atoms with Crippen molar-refractivity contribution in [1.82, 2.24) is 15.4 Å². The molecule has 0 spiro atoms. The molecule has 1 N–H and O–H groups in total. The number of hydrogen-bond donors (Lipinski definition) is 1. The largest absolute Gasteiger partial charge is 0.488 e. The molecular formula is C23H26FN3O3. The number of halogens is 1. The van der Waals surface area contributed by atoms with Crippen LogP contribution in [-0.2, 0) is 6.61 Å². The molecule has 30 heavy (non-hydrogen) atoms. The highest BCUT2D eigenvalue weighted by molar-refractivity contribution is 5.96. The molecule has 1 heterocycles. The van der Waals surface area contributed by atoms with Crippen LogP contribution in [0.25, 0.3) is 0 Å². The average Bonchev–Trinajstić information content (AvgIpc) is 3.04. The highest BCUT2D eigenvalue weighted by Gasteiger charge is 2.19.